The van der Waals surface area contributed by atoms with Crippen molar-refractivity contribution in [2.45, 2.75) is 38.0 Å². The fraction of sp³-hybridized carbons (Fsp3) is 1.00. The Morgan fingerprint density at radius 3 is 2.40 bits per heavy atom. The van der Waals surface area contributed by atoms with E-state index in [4.69, 9.17) is 4.18 Å². The van der Waals surface area contributed by atoms with Crippen molar-refractivity contribution in [2.75, 3.05) is 0 Å². The van der Waals surface area contributed by atoms with Gasteiger partial charge in [-0.2, -0.15) is 8.42 Å². The van der Waals surface area contributed by atoms with Gasteiger partial charge in [-0.05, 0) is 19.8 Å². The minimum atomic E-state index is -3.19. The van der Waals surface area contributed by atoms with Gasteiger partial charge in [-0.1, -0.05) is 6.92 Å². The van der Waals surface area contributed by atoms with Crippen LogP contribution in [0.15, 0.2) is 0 Å². The molecular weight excluding hydrogens is 152 g/mol. The molecule has 0 aromatic heterocycles. The highest BCUT2D eigenvalue weighted by molar-refractivity contribution is 7.87. The fourth-order valence-electron chi connectivity index (χ4n) is 1.21. The van der Waals surface area contributed by atoms with Gasteiger partial charge in [0, 0.05) is 0 Å². The summed E-state index contributed by atoms with van der Waals surface area (Å²) < 4.78 is 26.7. The highest BCUT2D eigenvalue weighted by Gasteiger charge is 2.35. The highest BCUT2D eigenvalue weighted by atomic mass is 32.2. The Morgan fingerprint density at radius 1 is 1.60 bits per heavy atom. The zero-order valence-corrected chi connectivity index (χ0v) is 7.02. The Hall–Kier alpha value is -0.0900. The first-order chi connectivity index (χ1) is 4.56. The first-order valence-electron chi connectivity index (χ1n) is 3.48. The molecule has 3 nitrogen and oxygen atoms in total. The van der Waals surface area contributed by atoms with E-state index in [9.17, 15) is 8.42 Å². The van der Waals surface area contributed by atoms with Gasteiger partial charge in [-0.15, -0.1) is 0 Å². The molecule has 1 saturated heterocycles. The Bertz CT molecular complexity index is 207. The normalized spacial score (nSPS) is 38.2. The molecule has 0 N–H and O–H groups in total. The summed E-state index contributed by atoms with van der Waals surface area (Å²) in [6.07, 6.45) is 1.20. The maximum atomic E-state index is 11.0. The van der Waals surface area contributed by atoms with Crippen molar-refractivity contribution in [3.63, 3.8) is 0 Å². The second kappa shape index (κ2) is 2.51. The molecule has 2 atom stereocenters. The molecule has 1 aliphatic heterocycles. The quantitative estimate of drug-likeness (QED) is 0.541. The zero-order valence-electron chi connectivity index (χ0n) is 6.20. The molecule has 1 fully saturated rings. The third-order valence-corrected chi connectivity index (χ3v) is 3.70. The average Bonchev–Trinajstić information content (AvgIpc) is 2.04. The van der Waals surface area contributed by atoms with E-state index in [1.807, 2.05) is 6.92 Å². The van der Waals surface area contributed by atoms with Crippen LogP contribution in [-0.2, 0) is 14.3 Å². The van der Waals surface area contributed by atoms with Crippen LogP contribution < -0.4 is 0 Å². The van der Waals surface area contributed by atoms with Crippen LogP contribution in [-0.4, -0.2) is 19.8 Å². The van der Waals surface area contributed by atoms with Crippen LogP contribution in [0, 0.1) is 0 Å². The van der Waals surface area contributed by atoms with E-state index < -0.39 is 10.1 Å². The van der Waals surface area contributed by atoms with E-state index in [0.717, 1.165) is 0 Å². The van der Waals surface area contributed by atoms with Crippen molar-refractivity contribution in [3.8, 4) is 0 Å². The first kappa shape index (κ1) is 8.01. The summed E-state index contributed by atoms with van der Waals surface area (Å²) in [5, 5.41) is -0.262. The van der Waals surface area contributed by atoms with Crippen LogP contribution in [0.1, 0.15) is 26.7 Å². The summed E-state index contributed by atoms with van der Waals surface area (Å²) in [6, 6.07) is 0. The van der Waals surface area contributed by atoms with Gasteiger partial charge in [0.2, 0.25) is 0 Å². The van der Waals surface area contributed by atoms with Crippen molar-refractivity contribution in [1.82, 2.24) is 0 Å². The summed E-state index contributed by atoms with van der Waals surface area (Å²) in [5.41, 5.74) is 0. The smallest absolute Gasteiger partial charge is 0.267 e. The lowest BCUT2D eigenvalue weighted by atomic mass is 10.2. The average molecular weight is 164 g/mol. The number of hydrogen-bond donors (Lipinski definition) is 0. The number of rotatable bonds is 1. The van der Waals surface area contributed by atoms with E-state index in [1.165, 1.54) is 0 Å². The molecule has 0 saturated carbocycles. The van der Waals surface area contributed by atoms with Crippen molar-refractivity contribution < 1.29 is 12.6 Å². The zero-order chi connectivity index (χ0) is 7.78. The van der Waals surface area contributed by atoms with E-state index in [0.29, 0.717) is 12.8 Å². The summed E-state index contributed by atoms with van der Waals surface area (Å²) >= 11 is 0. The molecule has 0 aromatic rings. The molecule has 0 spiro atoms. The minimum absolute atomic E-state index is 0.116. The predicted octanol–water partition coefficient (Wildman–Crippen LogP) is 0.904. The van der Waals surface area contributed by atoms with Gasteiger partial charge in [0.05, 0.1) is 11.4 Å². The third-order valence-electron chi connectivity index (χ3n) is 1.76. The Kier molecular flexibility index (Phi) is 2.01. The summed E-state index contributed by atoms with van der Waals surface area (Å²) in [5.74, 6) is 0. The maximum Gasteiger partial charge on any atom is 0.270 e. The van der Waals surface area contributed by atoms with E-state index in [-0.39, 0.29) is 11.4 Å². The van der Waals surface area contributed by atoms with E-state index in [2.05, 4.69) is 0 Å². The SMILES string of the molecule is CCC1CC(C)OS1(=O)=O. The van der Waals surface area contributed by atoms with Crippen LogP contribution in [0.4, 0.5) is 0 Å². The largest absolute Gasteiger partial charge is 0.270 e. The third kappa shape index (κ3) is 1.32. The van der Waals surface area contributed by atoms with Gasteiger partial charge >= 0.3 is 0 Å². The van der Waals surface area contributed by atoms with Gasteiger partial charge in [0.15, 0.2) is 0 Å². The minimum Gasteiger partial charge on any atom is -0.267 e. The Balaban J connectivity index is 2.78. The molecule has 0 amide bonds. The van der Waals surface area contributed by atoms with Gasteiger partial charge in [0.25, 0.3) is 10.1 Å². The van der Waals surface area contributed by atoms with Crippen LogP contribution in [0.5, 0.6) is 0 Å². The predicted molar refractivity (Wildman–Crippen MR) is 38.2 cm³/mol. The molecule has 2 unspecified atom stereocenters. The molecule has 1 aliphatic rings. The van der Waals surface area contributed by atoms with Crippen LogP contribution in [0.25, 0.3) is 0 Å². The van der Waals surface area contributed by atoms with Crippen molar-refractivity contribution >= 4 is 10.1 Å². The molecule has 1 heterocycles. The molecule has 0 aromatic carbocycles. The van der Waals surface area contributed by atoms with Gasteiger partial charge in [-0.25, -0.2) is 0 Å². The molecule has 60 valence electrons. The fourth-order valence-corrected chi connectivity index (χ4v) is 2.81. The van der Waals surface area contributed by atoms with E-state index in [1.54, 1.807) is 6.92 Å². The first-order valence-corrected chi connectivity index (χ1v) is 4.95. The van der Waals surface area contributed by atoms with Crippen molar-refractivity contribution in [2.24, 2.45) is 0 Å². The van der Waals surface area contributed by atoms with Crippen LogP contribution in [0.2, 0.25) is 0 Å². The summed E-state index contributed by atoms with van der Waals surface area (Å²) in [6.45, 7) is 3.65. The van der Waals surface area contributed by atoms with E-state index >= 15 is 0 Å². The lowest BCUT2D eigenvalue weighted by Gasteiger charge is -1.99. The van der Waals surface area contributed by atoms with Gasteiger partial charge < -0.3 is 0 Å². The topological polar surface area (TPSA) is 43.4 Å². The standard InChI is InChI=1S/C6H12O3S/c1-3-6-4-5(2)9-10(6,7)8/h5-6H,3-4H2,1-2H3. The lowest BCUT2D eigenvalue weighted by molar-refractivity contribution is 0.257. The molecule has 10 heavy (non-hydrogen) atoms. The monoisotopic (exact) mass is 164 g/mol. The summed E-state index contributed by atoms with van der Waals surface area (Å²) in [4.78, 5) is 0. The highest BCUT2D eigenvalue weighted by Crippen LogP contribution is 2.25. The molecule has 0 radical (unpaired) electrons. The molecule has 1 rings (SSSR count). The van der Waals surface area contributed by atoms with Crippen LogP contribution in [0.3, 0.4) is 0 Å². The summed E-state index contributed by atoms with van der Waals surface area (Å²) in [7, 11) is -3.19. The maximum absolute atomic E-state index is 11.0. The Morgan fingerprint density at radius 2 is 2.20 bits per heavy atom. The Labute approximate surface area is 61.5 Å². The molecule has 4 heteroatoms. The molecular formula is C6H12O3S. The van der Waals surface area contributed by atoms with Crippen LogP contribution >= 0.6 is 0 Å². The van der Waals surface area contributed by atoms with Gasteiger partial charge in [-0.3, -0.25) is 4.18 Å². The van der Waals surface area contributed by atoms with Gasteiger partial charge in [0.1, 0.15) is 0 Å². The molecule has 0 bridgehead atoms. The van der Waals surface area contributed by atoms with Crippen molar-refractivity contribution in [3.05, 3.63) is 0 Å². The second-order valence-corrected chi connectivity index (χ2v) is 4.51. The van der Waals surface area contributed by atoms with Crippen molar-refractivity contribution in [1.29, 1.82) is 0 Å². The second-order valence-electron chi connectivity index (χ2n) is 2.67. The number of hydrogen-bond acceptors (Lipinski definition) is 3. The molecule has 0 aliphatic carbocycles. The lowest BCUT2D eigenvalue weighted by Crippen LogP contribution is -2.12.